The Kier molecular flexibility index (Phi) is 5.72. The van der Waals surface area contributed by atoms with Crippen molar-refractivity contribution in [3.63, 3.8) is 0 Å². The molecule has 0 aliphatic rings. The first-order valence-corrected chi connectivity index (χ1v) is 9.96. The maximum absolute atomic E-state index is 11.6. The molecular formula is C24H21ClN2O3. The molecule has 0 saturated heterocycles. The number of ether oxygens (including phenoxy) is 2. The summed E-state index contributed by atoms with van der Waals surface area (Å²) in [5.74, 6) is 0.331. The monoisotopic (exact) mass is 420 g/mol. The van der Waals surface area contributed by atoms with Crippen LogP contribution in [0.1, 0.15) is 15.9 Å². The fraction of sp³-hybridized carbons (Fsp3) is 0.167. The molecule has 0 aliphatic carbocycles. The van der Waals surface area contributed by atoms with Crippen LogP contribution in [-0.2, 0) is 11.3 Å². The number of benzene rings is 2. The lowest BCUT2D eigenvalue weighted by atomic mass is 10.1. The second-order valence-electron chi connectivity index (χ2n) is 6.89. The van der Waals surface area contributed by atoms with Crippen LogP contribution < -0.4 is 4.74 Å². The van der Waals surface area contributed by atoms with Gasteiger partial charge in [-0.3, -0.25) is 4.98 Å². The van der Waals surface area contributed by atoms with Crippen LogP contribution in [0.25, 0.3) is 22.2 Å². The standard InChI is InChI=1S/C24H21ClN2O3/c1-16-21-14-19(25)7-10-22(21)27(23(16)18-4-3-11-26-15-18)12-13-30-20-8-5-17(6-9-20)24(28)29-2/h3-11,14-15H,12-13H2,1-2H3. The average molecular weight is 421 g/mol. The van der Waals surface area contributed by atoms with E-state index >= 15 is 0 Å². The first-order chi connectivity index (χ1) is 14.6. The highest BCUT2D eigenvalue weighted by Gasteiger charge is 2.16. The van der Waals surface area contributed by atoms with E-state index in [0.717, 1.165) is 27.7 Å². The summed E-state index contributed by atoms with van der Waals surface area (Å²) in [6.07, 6.45) is 3.63. The zero-order chi connectivity index (χ0) is 21.1. The smallest absolute Gasteiger partial charge is 0.337 e. The van der Waals surface area contributed by atoms with E-state index in [-0.39, 0.29) is 5.97 Å². The predicted molar refractivity (Wildman–Crippen MR) is 118 cm³/mol. The van der Waals surface area contributed by atoms with Gasteiger partial charge >= 0.3 is 5.97 Å². The third-order valence-corrected chi connectivity index (χ3v) is 5.31. The van der Waals surface area contributed by atoms with E-state index < -0.39 is 0 Å². The van der Waals surface area contributed by atoms with Crippen LogP contribution >= 0.6 is 11.6 Å². The number of methoxy groups -OCH3 is 1. The second-order valence-corrected chi connectivity index (χ2v) is 7.33. The molecule has 2 aromatic heterocycles. The number of esters is 1. The van der Waals surface area contributed by atoms with E-state index in [1.165, 1.54) is 7.11 Å². The van der Waals surface area contributed by atoms with Crippen LogP contribution in [-0.4, -0.2) is 29.2 Å². The van der Waals surface area contributed by atoms with Crippen molar-refractivity contribution in [2.45, 2.75) is 13.5 Å². The molecule has 0 atom stereocenters. The number of fused-ring (bicyclic) bond motifs is 1. The number of hydrogen-bond donors (Lipinski definition) is 0. The normalized spacial score (nSPS) is 10.9. The van der Waals surface area contributed by atoms with Gasteiger partial charge in [-0.25, -0.2) is 4.79 Å². The van der Waals surface area contributed by atoms with E-state index in [2.05, 4.69) is 22.5 Å². The van der Waals surface area contributed by atoms with Crippen molar-refractivity contribution in [2.24, 2.45) is 0 Å². The summed E-state index contributed by atoms with van der Waals surface area (Å²) in [7, 11) is 1.36. The molecule has 0 radical (unpaired) electrons. The Morgan fingerprint density at radius 3 is 2.63 bits per heavy atom. The van der Waals surface area contributed by atoms with Gasteiger partial charge in [0, 0.05) is 33.9 Å². The molecule has 2 heterocycles. The van der Waals surface area contributed by atoms with Gasteiger partial charge in [0.05, 0.1) is 24.9 Å². The minimum Gasteiger partial charge on any atom is -0.492 e. The van der Waals surface area contributed by atoms with Gasteiger partial charge in [-0.15, -0.1) is 0 Å². The van der Waals surface area contributed by atoms with E-state index in [1.54, 1.807) is 30.5 Å². The minimum absolute atomic E-state index is 0.365. The number of carbonyl (C=O) groups excluding carboxylic acids is 1. The van der Waals surface area contributed by atoms with Gasteiger partial charge in [0.1, 0.15) is 12.4 Å². The van der Waals surface area contributed by atoms with Crippen molar-refractivity contribution in [2.75, 3.05) is 13.7 Å². The van der Waals surface area contributed by atoms with Gasteiger partial charge in [-0.2, -0.15) is 0 Å². The van der Waals surface area contributed by atoms with Gasteiger partial charge < -0.3 is 14.0 Å². The topological polar surface area (TPSA) is 53.4 Å². The van der Waals surface area contributed by atoms with Crippen LogP contribution in [0.2, 0.25) is 5.02 Å². The Morgan fingerprint density at radius 1 is 1.13 bits per heavy atom. The summed E-state index contributed by atoms with van der Waals surface area (Å²) in [4.78, 5) is 15.8. The Morgan fingerprint density at radius 2 is 1.93 bits per heavy atom. The van der Waals surface area contributed by atoms with E-state index in [9.17, 15) is 4.79 Å². The van der Waals surface area contributed by atoms with Crippen LogP contribution in [0, 0.1) is 6.92 Å². The van der Waals surface area contributed by atoms with Crippen molar-refractivity contribution in [3.05, 3.63) is 83.1 Å². The highest BCUT2D eigenvalue weighted by atomic mass is 35.5. The summed E-state index contributed by atoms with van der Waals surface area (Å²) in [6, 6.07) is 16.9. The van der Waals surface area contributed by atoms with Crippen LogP contribution in [0.5, 0.6) is 5.75 Å². The Hall–Kier alpha value is -3.31. The fourth-order valence-electron chi connectivity index (χ4n) is 3.66. The maximum Gasteiger partial charge on any atom is 0.337 e. The summed E-state index contributed by atoms with van der Waals surface area (Å²) < 4.78 is 12.9. The minimum atomic E-state index is -0.365. The summed E-state index contributed by atoms with van der Waals surface area (Å²) >= 11 is 6.25. The molecule has 0 spiro atoms. The third kappa shape index (κ3) is 3.89. The highest BCUT2D eigenvalue weighted by Crippen LogP contribution is 2.34. The first-order valence-electron chi connectivity index (χ1n) is 9.58. The van der Waals surface area contributed by atoms with Crippen molar-refractivity contribution in [1.29, 1.82) is 0 Å². The van der Waals surface area contributed by atoms with Gasteiger partial charge in [-0.05, 0) is 67.1 Å². The van der Waals surface area contributed by atoms with Gasteiger partial charge in [-0.1, -0.05) is 11.6 Å². The van der Waals surface area contributed by atoms with Crippen molar-refractivity contribution in [1.82, 2.24) is 9.55 Å². The van der Waals surface area contributed by atoms with E-state index in [0.29, 0.717) is 29.5 Å². The Balaban J connectivity index is 1.61. The third-order valence-electron chi connectivity index (χ3n) is 5.07. The number of aryl methyl sites for hydroxylation is 1. The molecule has 0 aliphatic heterocycles. The predicted octanol–water partition coefficient (Wildman–Crippen LogP) is 5.53. The maximum atomic E-state index is 11.6. The first kappa shape index (κ1) is 20.0. The molecule has 5 nitrogen and oxygen atoms in total. The molecule has 0 saturated carbocycles. The van der Waals surface area contributed by atoms with Gasteiger partial charge in [0.25, 0.3) is 0 Å². The summed E-state index contributed by atoms with van der Waals surface area (Å²) in [6.45, 7) is 3.22. The molecule has 0 N–H and O–H groups in total. The van der Waals surface area contributed by atoms with E-state index in [1.807, 2.05) is 30.5 Å². The molecule has 0 bridgehead atoms. The number of halogens is 1. The molecule has 30 heavy (non-hydrogen) atoms. The van der Waals surface area contributed by atoms with Crippen molar-refractivity contribution >= 4 is 28.5 Å². The summed E-state index contributed by atoms with van der Waals surface area (Å²) in [5.41, 5.74) is 4.89. The molecule has 152 valence electrons. The quantitative estimate of drug-likeness (QED) is 0.385. The molecular weight excluding hydrogens is 400 g/mol. The van der Waals surface area contributed by atoms with Crippen LogP contribution in [0.15, 0.2) is 67.0 Å². The Labute approximate surface area is 179 Å². The molecule has 6 heteroatoms. The SMILES string of the molecule is COC(=O)c1ccc(OCCn2c(-c3cccnc3)c(C)c3cc(Cl)ccc32)cc1. The lowest BCUT2D eigenvalue weighted by Crippen LogP contribution is -2.10. The van der Waals surface area contributed by atoms with Crippen LogP contribution in [0.3, 0.4) is 0 Å². The lowest BCUT2D eigenvalue weighted by Gasteiger charge is -2.13. The number of rotatable bonds is 6. The largest absolute Gasteiger partial charge is 0.492 e. The molecule has 0 amide bonds. The van der Waals surface area contributed by atoms with Crippen LogP contribution in [0.4, 0.5) is 0 Å². The zero-order valence-electron chi connectivity index (χ0n) is 16.8. The van der Waals surface area contributed by atoms with Gasteiger partial charge in [0.15, 0.2) is 0 Å². The Bertz CT molecular complexity index is 1180. The number of pyridine rings is 1. The zero-order valence-corrected chi connectivity index (χ0v) is 17.5. The molecule has 0 fully saturated rings. The van der Waals surface area contributed by atoms with Crippen molar-refractivity contribution in [3.8, 4) is 17.0 Å². The molecule has 4 rings (SSSR count). The van der Waals surface area contributed by atoms with Crippen molar-refractivity contribution < 1.29 is 14.3 Å². The molecule has 4 aromatic rings. The fourth-order valence-corrected chi connectivity index (χ4v) is 3.83. The number of carbonyl (C=O) groups is 1. The molecule has 0 unspecified atom stereocenters. The number of hydrogen-bond acceptors (Lipinski definition) is 4. The van der Waals surface area contributed by atoms with E-state index in [4.69, 9.17) is 21.1 Å². The molecule has 2 aromatic carbocycles. The highest BCUT2D eigenvalue weighted by molar-refractivity contribution is 6.31. The number of aromatic nitrogens is 2. The number of nitrogens with zero attached hydrogens (tertiary/aromatic N) is 2. The van der Waals surface area contributed by atoms with Gasteiger partial charge in [0.2, 0.25) is 0 Å². The average Bonchev–Trinajstić information content (AvgIpc) is 3.05. The summed E-state index contributed by atoms with van der Waals surface area (Å²) in [5, 5.41) is 1.83. The second kappa shape index (κ2) is 8.59. The lowest BCUT2D eigenvalue weighted by molar-refractivity contribution is 0.0600.